The maximum Gasteiger partial charge on any atom is 0.207 e. The Morgan fingerprint density at radius 2 is 1.80 bits per heavy atom. The Bertz CT molecular complexity index is 1130. The van der Waals surface area contributed by atoms with Gasteiger partial charge in [-0.15, -0.1) is 0 Å². The van der Waals surface area contributed by atoms with E-state index in [1.54, 1.807) is 12.1 Å². The molecule has 1 fully saturated rings. The molecule has 2 aliphatic rings. The van der Waals surface area contributed by atoms with Crippen LogP contribution < -0.4 is 14.5 Å². The van der Waals surface area contributed by atoms with E-state index in [1.807, 2.05) is 48.3 Å². The molecule has 0 amide bonds. The van der Waals surface area contributed by atoms with Crippen molar-refractivity contribution in [3.8, 4) is 28.7 Å². The maximum atomic E-state index is 10.7. The van der Waals surface area contributed by atoms with Gasteiger partial charge >= 0.3 is 0 Å². The Balaban J connectivity index is 1.44. The third kappa shape index (κ3) is 3.36. The average molecular weight is 397 g/mol. The summed E-state index contributed by atoms with van der Waals surface area (Å²) in [6.45, 7) is 0.902. The van der Waals surface area contributed by atoms with Gasteiger partial charge in [-0.25, -0.2) is 0 Å². The molecule has 1 atom stereocenters. The number of hydrogen-bond donors (Lipinski definition) is 1. The van der Waals surface area contributed by atoms with E-state index in [4.69, 9.17) is 4.74 Å². The molecule has 1 unspecified atom stereocenters. The lowest BCUT2D eigenvalue weighted by Gasteiger charge is -2.25. The summed E-state index contributed by atoms with van der Waals surface area (Å²) in [5.41, 5.74) is 4.69. The fraction of sp³-hybridized carbons (Fsp3) is 0.240. The zero-order chi connectivity index (χ0) is 20.7. The molecule has 0 radical (unpaired) electrons. The summed E-state index contributed by atoms with van der Waals surface area (Å²) in [5.74, 6) is 1.92. The predicted molar refractivity (Wildman–Crippen MR) is 118 cm³/mol. The summed E-state index contributed by atoms with van der Waals surface area (Å²) in [7, 11) is 1.93. The van der Waals surface area contributed by atoms with Gasteiger partial charge in [0.1, 0.15) is 17.6 Å². The van der Waals surface area contributed by atoms with Crippen molar-refractivity contribution in [1.29, 1.82) is 5.26 Å². The summed E-state index contributed by atoms with van der Waals surface area (Å²) in [6.07, 6.45) is 1.89. The highest BCUT2D eigenvalue weighted by atomic mass is 16.5. The van der Waals surface area contributed by atoms with Crippen LogP contribution in [0.15, 0.2) is 66.7 Å². The van der Waals surface area contributed by atoms with E-state index < -0.39 is 6.35 Å². The third-order valence-corrected chi connectivity index (χ3v) is 5.84. The minimum atomic E-state index is -0.618. The van der Waals surface area contributed by atoms with E-state index in [0.29, 0.717) is 23.0 Å². The van der Waals surface area contributed by atoms with E-state index in [2.05, 4.69) is 29.2 Å². The third-order valence-electron chi connectivity index (χ3n) is 5.84. The first-order chi connectivity index (χ1) is 14.6. The number of benzene rings is 3. The molecule has 0 spiro atoms. The van der Waals surface area contributed by atoms with Gasteiger partial charge in [0.25, 0.3) is 0 Å². The lowest BCUT2D eigenvalue weighted by molar-refractivity contribution is 0.176. The summed E-state index contributed by atoms with van der Waals surface area (Å²) < 4.78 is 5.98. The lowest BCUT2D eigenvalue weighted by Crippen LogP contribution is -2.42. The highest BCUT2D eigenvalue weighted by molar-refractivity contribution is 5.82. The summed E-state index contributed by atoms with van der Waals surface area (Å²) in [6, 6.07) is 23.5. The summed E-state index contributed by atoms with van der Waals surface area (Å²) in [5, 5.41) is 20.0. The molecule has 3 aromatic carbocycles. The van der Waals surface area contributed by atoms with Gasteiger partial charge in [-0.1, -0.05) is 30.3 Å². The quantitative estimate of drug-likeness (QED) is 0.659. The van der Waals surface area contributed by atoms with Crippen molar-refractivity contribution in [2.45, 2.75) is 19.2 Å². The van der Waals surface area contributed by atoms with Crippen molar-refractivity contribution in [3.05, 3.63) is 72.3 Å². The lowest BCUT2D eigenvalue weighted by atomic mass is 10.0. The fourth-order valence-corrected chi connectivity index (χ4v) is 3.97. The first-order valence-corrected chi connectivity index (χ1v) is 10.2. The monoisotopic (exact) mass is 397 g/mol. The van der Waals surface area contributed by atoms with Gasteiger partial charge < -0.3 is 19.6 Å². The van der Waals surface area contributed by atoms with Crippen molar-refractivity contribution in [2.24, 2.45) is 5.92 Å². The number of aliphatic hydroxyl groups is 1. The summed E-state index contributed by atoms with van der Waals surface area (Å²) >= 11 is 0. The Morgan fingerprint density at radius 1 is 1.00 bits per heavy atom. The zero-order valence-electron chi connectivity index (χ0n) is 16.8. The molecule has 0 bridgehead atoms. The molecule has 0 saturated heterocycles. The second-order valence-electron chi connectivity index (χ2n) is 7.99. The maximum absolute atomic E-state index is 10.7. The van der Waals surface area contributed by atoms with Gasteiger partial charge in [0.15, 0.2) is 0 Å². The van der Waals surface area contributed by atoms with Crippen LogP contribution in [-0.2, 0) is 0 Å². The van der Waals surface area contributed by atoms with Crippen molar-refractivity contribution in [3.63, 3.8) is 0 Å². The van der Waals surface area contributed by atoms with E-state index in [0.717, 1.165) is 29.0 Å². The number of rotatable bonds is 5. The second-order valence-corrected chi connectivity index (χ2v) is 7.99. The standard InChI is InChI=1S/C25H23N3O2/c1-27-23-14-19(11-12-22(23)28(25(27)29)16-17-9-10-17)18-6-4-7-21(13-18)30-24-8-3-2-5-20(24)15-26/h2-8,11-14,17,25,29H,9-10,16H2,1H3. The minimum absolute atomic E-state index is 0.506. The number of fused-ring (bicyclic) bond motifs is 1. The normalized spacial score (nSPS) is 17.6. The van der Waals surface area contributed by atoms with Crippen LogP contribution in [0.5, 0.6) is 11.5 Å². The molecular weight excluding hydrogens is 374 g/mol. The van der Waals surface area contributed by atoms with Crippen molar-refractivity contribution in [2.75, 3.05) is 23.4 Å². The first kappa shape index (κ1) is 18.5. The molecule has 150 valence electrons. The van der Waals surface area contributed by atoms with Crippen molar-refractivity contribution in [1.82, 2.24) is 0 Å². The fourth-order valence-electron chi connectivity index (χ4n) is 3.97. The largest absolute Gasteiger partial charge is 0.456 e. The van der Waals surface area contributed by atoms with Crippen LogP contribution in [0, 0.1) is 17.2 Å². The Labute approximate surface area is 176 Å². The number of anilines is 2. The molecule has 5 nitrogen and oxygen atoms in total. The number of aliphatic hydroxyl groups excluding tert-OH is 1. The van der Waals surface area contributed by atoms with Gasteiger partial charge in [0.05, 0.1) is 16.9 Å². The average Bonchev–Trinajstić information content (AvgIpc) is 3.57. The Morgan fingerprint density at radius 3 is 2.60 bits per heavy atom. The predicted octanol–water partition coefficient (Wildman–Crippen LogP) is 4.96. The molecule has 1 aliphatic heterocycles. The number of ether oxygens (including phenoxy) is 1. The van der Waals surface area contributed by atoms with Crippen LogP contribution in [0.3, 0.4) is 0 Å². The molecule has 1 N–H and O–H groups in total. The van der Waals surface area contributed by atoms with E-state index in [9.17, 15) is 10.4 Å². The number of nitrogens with zero attached hydrogens (tertiary/aromatic N) is 3. The highest BCUT2D eigenvalue weighted by Crippen LogP contribution is 2.43. The van der Waals surface area contributed by atoms with E-state index in [-0.39, 0.29) is 0 Å². The Kier molecular flexibility index (Phi) is 4.57. The SMILES string of the molecule is CN1c2cc(-c3cccc(Oc4ccccc4C#N)c3)ccc2N(CC2CC2)C1O. The van der Waals surface area contributed by atoms with Crippen LogP contribution >= 0.6 is 0 Å². The molecular formula is C25H23N3O2. The molecule has 1 heterocycles. The van der Waals surface area contributed by atoms with Gasteiger partial charge in [-0.3, -0.25) is 0 Å². The molecule has 0 aromatic heterocycles. The highest BCUT2D eigenvalue weighted by Gasteiger charge is 2.36. The first-order valence-electron chi connectivity index (χ1n) is 10.2. The van der Waals surface area contributed by atoms with Crippen LogP contribution in [0.1, 0.15) is 18.4 Å². The van der Waals surface area contributed by atoms with Crippen LogP contribution in [0.25, 0.3) is 11.1 Å². The van der Waals surface area contributed by atoms with Crippen LogP contribution in [0.2, 0.25) is 0 Å². The van der Waals surface area contributed by atoms with Gasteiger partial charge in [0.2, 0.25) is 6.35 Å². The van der Waals surface area contributed by atoms with Crippen molar-refractivity contribution < 1.29 is 9.84 Å². The van der Waals surface area contributed by atoms with Crippen molar-refractivity contribution >= 4 is 11.4 Å². The second kappa shape index (κ2) is 7.40. The van der Waals surface area contributed by atoms with Gasteiger partial charge in [-0.2, -0.15) is 5.26 Å². The van der Waals surface area contributed by atoms with E-state index >= 15 is 0 Å². The number of hydrogen-bond acceptors (Lipinski definition) is 5. The van der Waals surface area contributed by atoms with Gasteiger partial charge in [-0.05, 0) is 66.3 Å². The zero-order valence-corrected chi connectivity index (χ0v) is 16.8. The molecule has 30 heavy (non-hydrogen) atoms. The number of para-hydroxylation sites is 1. The smallest absolute Gasteiger partial charge is 0.207 e. The Hall–Kier alpha value is -3.49. The van der Waals surface area contributed by atoms with Gasteiger partial charge in [0, 0.05) is 13.6 Å². The topological polar surface area (TPSA) is 59.7 Å². The molecule has 5 rings (SSSR count). The number of nitriles is 1. The van der Waals surface area contributed by atoms with E-state index in [1.165, 1.54) is 12.8 Å². The molecule has 5 heteroatoms. The van der Waals surface area contributed by atoms with Crippen LogP contribution in [-0.4, -0.2) is 25.1 Å². The molecule has 1 aliphatic carbocycles. The van der Waals surface area contributed by atoms with Crippen LogP contribution in [0.4, 0.5) is 11.4 Å². The molecule has 1 saturated carbocycles. The summed E-state index contributed by atoms with van der Waals surface area (Å²) in [4.78, 5) is 4.01. The minimum Gasteiger partial charge on any atom is -0.456 e. The molecule has 3 aromatic rings.